The second-order valence-corrected chi connectivity index (χ2v) is 15.2. The highest BCUT2D eigenvalue weighted by Gasteiger charge is 2.25. The molecule has 8 heteroatoms. The first-order valence-corrected chi connectivity index (χ1v) is 19.1. The SMILES string of the molecule is CCCCCCCCCCCCCCCCCCOc1ccccc1CC(COP(=O)(O)OCCC[N+](C)(C)C)CC(C)=O. The van der Waals surface area contributed by atoms with Crippen molar-refractivity contribution in [2.24, 2.45) is 5.92 Å². The number of phosphoric acid groups is 1. The minimum Gasteiger partial charge on any atom is -0.493 e. The predicted octanol–water partition coefficient (Wildman–Crippen LogP) is 9.69. The van der Waals surface area contributed by atoms with Gasteiger partial charge < -0.3 is 18.9 Å². The molecule has 2 unspecified atom stereocenters. The summed E-state index contributed by atoms with van der Waals surface area (Å²) in [6.07, 6.45) is 22.9. The monoisotopic (exact) mass is 640 g/mol. The van der Waals surface area contributed by atoms with E-state index in [0.717, 1.165) is 28.8 Å². The summed E-state index contributed by atoms with van der Waals surface area (Å²) in [4.78, 5) is 22.1. The average molecular weight is 641 g/mol. The Bertz CT molecular complexity index is 903. The smallest absolute Gasteiger partial charge is 0.472 e. The number of carbonyl (C=O) groups excluding carboxylic acids is 1. The summed E-state index contributed by atoms with van der Waals surface area (Å²) in [6, 6.07) is 7.86. The van der Waals surface area contributed by atoms with Gasteiger partial charge in [-0.05, 0) is 37.3 Å². The molecule has 0 saturated carbocycles. The first kappa shape index (κ1) is 40.8. The summed E-state index contributed by atoms with van der Waals surface area (Å²) in [7, 11) is 1.99. The molecular weight excluding hydrogens is 573 g/mol. The number of Topliss-reactive ketones (excluding diaryl/α,β-unsaturated/α-hetero) is 1. The normalized spacial score (nSPS) is 14.0. The van der Waals surface area contributed by atoms with Gasteiger partial charge >= 0.3 is 7.82 Å². The molecule has 1 N–H and O–H groups in total. The fourth-order valence-electron chi connectivity index (χ4n) is 5.51. The maximum atomic E-state index is 12.4. The zero-order valence-electron chi connectivity index (χ0n) is 29.0. The lowest BCUT2D eigenvalue weighted by Gasteiger charge is -2.24. The van der Waals surface area contributed by atoms with Crippen LogP contribution in [-0.4, -0.2) is 62.7 Å². The van der Waals surface area contributed by atoms with Crippen molar-refractivity contribution in [1.29, 1.82) is 0 Å². The summed E-state index contributed by atoms with van der Waals surface area (Å²) in [5.74, 6) is 0.579. The second kappa shape index (κ2) is 24.9. The van der Waals surface area contributed by atoms with Gasteiger partial charge in [0.15, 0.2) is 0 Å². The molecule has 1 rings (SSSR count). The Morgan fingerprint density at radius 1 is 0.773 bits per heavy atom. The van der Waals surface area contributed by atoms with Crippen molar-refractivity contribution in [2.45, 2.75) is 136 Å². The molecule has 0 fully saturated rings. The molecule has 0 aromatic heterocycles. The van der Waals surface area contributed by atoms with Crippen LogP contribution in [0.1, 0.15) is 135 Å². The minimum absolute atomic E-state index is 0.0156. The van der Waals surface area contributed by atoms with Crippen molar-refractivity contribution >= 4 is 13.6 Å². The van der Waals surface area contributed by atoms with E-state index in [1.165, 1.54) is 103 Å². The third-order valence-electron chi connectivity index (χ3n) is 8.01. The average Bonchev–Trinajstić information content (AvgIpc) is 2.96. The lowest BCUT2D eigenvalue weighted by molar-refractivity contribution is -0.870. The van der Waals surface area contributed by atoms with E-state index in [1.54, 1.807) is 0 Å². The Morgan fingerprint density at radius 3 is 1.82 bits per heavy atom. The number of ether oxygens (including phenoxy) is 1. The molecule has 1 aromatic carbocycles. The number of phosphoric ester groups is 1. The van der Waals surface area contributed by atoms with Crippen LogP contribution < -0.4 is 4.74 Å². The van der Waals surface area contributed by atoms with Crippen molar-refractivity contribution < 1.29 is 32.5 Å². The molecule has 0 aliphatic rings. The first-order chi connectivity index (χ1) is 21.0. The molecule has 0 saturated heterocycles. The van der Waals surface area contributed by atoms with Gasteiger partial charge in [0.1, 0.15) is 11.5 Å². The summed E-state index contributed by atoms with van der Waals surface area (Å²) in [5.41, 5.74) is 0.982. The van der Waals surface area contributed by atoms with Crippen LogP contribution >= 0.6 is 7.82 Å². The van der Waals surface area contributed by atoms with Crippen LogP contribution in [0.2, 0.25) is 0 Å². The highest BCUT2D eigenvalue weighted by atomic mass is 31.2. The van der Waals surface area contributed by atoms with Gasteiger partial charge in [-0.2, -0.15) is 0 Å². The van der Waals surface area contributed by atoms with Crippen molar-refractivity contribution in [3.8, 4) is 5.75 Å². The summed E-state index contributed by atoms with van der Waals surface area (Å²) >= 11 is 0. The third-order valence-corrected chi connectivity index (χ3v) is 9.00. The van der Waals surface area contributed by atoms with Gasteiger partial charge in [-0.3, -0.25) is 9.05 Å². The maximum absolute atomic E-state index is 12.4. The molecule has 0 spiro atoms. The van der Waals surface area contributed by atoms with Crippen LogP contribution in [0.4, 0.5) is 0 Å². The number of rotatable bonds is 30. The fraction of sp³-hybridized carbons (Fsp3) is 0.806. The maximum Gasteiger partial charge on any atom is 0.472 e. The number of nitrogens with zero attached hydrogens (tertiary/aromatic N) is 1. The van der Waals surface area contributed by atoms with Gasteiger partial charge in [0.2, 0.25) is 0 Å². The Morgan fingerprint density at radius 2 is 1.30 bits per heavy atom. The van der Waals surface area contributed by atoms with E-state index in [4.69, 9.17) is 13.8 Å². The number of para-hydroxylation sites is 1. The number of carbonyl (C=O) groups is 1. The lowest BCUT2D eigenvalue weighted by atomic mass is 9.95. The summed E-state index contributed by atoms with van der Waals surface area (Å²) in [6.45, 7) is 5.42. The van der Waals surface area contributed by atoms with Crippen molar-refractivity contribution in [2.75, 3.05) is 47.5 Å². The molecule has 0 aliphatic heterocycles. The molecule has 0 radical (unpaired) electrons. The Hall–Kier alpha value is -1.24. The topological polar surface area (TPSA) is 82.1 Å². The molecule has 0 aliphatic carbocycles. The van der Waals surface area contributed by atoms with Crippen molar-refractivity contribution in [3.63, 3.8) is 0 Å². The van der Waals surface area contributed by atoms with E-state index >= 15 is 0 Å². The summed E-state index contributed by atoms with van der Waals surface area (Å²) in [5, 5.41) is 0. The first-order valence-electron chi connectivity index (χ1n) is 17.6. The number of unbranched alkanes of at least 4 members (excludes halogenated alkanes) is 15. The molecule has 0 bridgehead atoms. The minimum atomic E-state index is -4.19. The molecule has 256 valence electrons. The van der Waals surface area contributed by atoms with Gasteiger partial charge in [0.05, 0.1) is 47.5 Å². The molecule has 0 amide bonds. The molecule has 0 heterocycles. The van der Waals surface area contributed by atoms with Crippen LogP contribution in [0.5, 0.6) is 5.75 Å². The third kappa shape index (κ3) is 24.1. The van der Waals surface area contributed by atoms with Crippen LogP contribution in [0.25, 0.3) is 0 Å². The van der Waals surface area contributed by atoms with Gasteiger partial charge in [0, 0.05) is 12.8 Å². The van der Waals surface area contributed by atoms with Crippen molar-refractivity contribution in [1.82, 2.24) is 0 Å². The van der Waals surface area contributed by atoms with E-state index in [2.05, 4.69) is 28.1 Å². The van der Waals surface area contributed by atoms with E-state index in [9.17, 15) is 14.3 Å². The highest BCUT2D eigenvalue weighted by Crippen LogP contribution is 2.44. The Balaban J connectivity index is 2.28. The standard InChI is InChI=1S/C36H66NO6P/c1-6-7-8-9-10-11-12-13-14-15-16-17-18-19-20-23-28-41-36-26-22-21-25-35(36)31-34(30-33(2)38)32-43-44(39,40)42-29-24-27-37(3,4)5/h21-22,25-26,34H,6-20,23-24,27-32H2,1-5H3/p+1. The zero-order chi connectivity index (χ0) is 32.5. The zero-order valence-corrected chi connectivity index (χ0v) is 29.9. The van der Waals surface area contributed by atoms with E-state index in [0.29, 0.717) is 19.4 Å². The van der Waals surface area contributed by atoms with Gasteiger partial charge in [0.25, 0.3) is 0 Å². The van der Waals surface area contributed by atoms with Gasteiger partial charge in [-0.25, -0.2) is 4.57 Å². The van der Waals surface area contributed by atoms with E-state index < -0.39 is 7.82 Å². The van der Waals surface area contributed by atoms with Gasteiger partial charge in [-0.15, -0.1) is 0 Å². The lowest BCUT2D eigenvalue weighted by Crippen LogP contribution is -2.35. The number of hydrogen-bond donors (Lipinski definition) is 1. The number of ketones is 1. The predicted molar refractivity (Wildman–Crippen MR) is 183 cm³/mol. The number of quaternary nitrogens is 1. The van der Waals surface area contributed by atoms with Gasteiger partial charge in [-0.1, -0.05) is 121 Å². The van der Waals surface area contributed by atoms with Crippen molar-refractivity contribution in [3.05, 3.63) is 29.8 Å². The van der Waals surface area contributed by atoms with Crippen LogP contribution in [0.3, 0.4) is 0 Å². The Kier molecular flexibility index (Phi) is 23.1. The largest absolute Gasteiger partial charge is 0.493 e. The fourth-order valence-corrected chi connectivity index (χ4v) is 6.34. The Labute approximate surface area is 270 Å². The molecule has 7 nitrogen and oxygen atoms in total. The number of benzene rings is 1. The molecule has 44 heavy (non-hydrogen) atoms. The van der Waals surface area contributed by atoms with Crippen LogP contribution in [0.15, 0.2) is 24.3 Å². The molecule has 1 aromatic rings. The van der Waals surface area contributed by atoms with E-state index in [1.807, 2.05) is 24.3 Å². The number of hydrogen-bond acceptors (Lipinski definition) is 5. The quantitative estimate of drug-likeness (QED) is 0.0512. The highest BCUT2D eigenvalue weighted by molar-refractivity contribution is 7.47. The van der Waals surface area contributed by atoms with Crippen LogP contribution in [0, 0.1) is 5.92 Å². The summed E-state index contributed by atoms with van der Waals surface area (Å²) < 4.78 is 29.8. The van der Waals surface area contributed by atoms with Crippen LogP contribution in [-0.2, 0) is 24.8 Å². The molecular formula is C36H67NO6P+. The second-order valence-electron chi connectivity index (χ2n) is 13.7. The molecule has 2 atom stereocenters. The van der Waals surface area contributed by atoms with E-state index in [-0.39, 0.29) is 31.3 Å².